The van der Waals surface area contributed by atoms with E-state index >= 15 is 0 Å². The van der Waals surface area contributed by atoms with Crippen molar-refractivity contribution in [3.8, 4) is 11.5 Å². The van der Waals surface area contributed by atoms with E-state index in [0.29, 0.717) is 17.9 Å². The number of hydrogen-bond donors (Lipinski definition) is 0. The van der Waals surface area contributed by atoms with Gasteiger partial charge in [0.25, 0.3) is 0 Å². The quantitative estimate of drug-likeness (QED) is 0.733. The Labute approximate surface area is 133 Å². The van der Waals surface area contributed by atoms with Crippen molar-refractivity contribution in [3.63, 3.8) is 0 Å². The van der Waals surface area contributed by atoms with Crippen molar-refractivity contribution < 1.29 is 9.47 Å². The molecule has 0 radical (unpaired) electrons. The van der Waals surface area contributed by atoms with Gasteiger partial charge in [0.2, 0.25) is 0 Å². The highest BCUT2D eigenvalue weighted by Crippen LogP contribution is 2.32. The molecule has 0 amide bonds. The van der Waals surface area contributed by atoms with Gasteiger partial charge in [-0.15, -0.1) is 0 Å². The van der Waals surface area contributed by atoms with Gasteiger partial charge in [0.05, 0.1) is 25.4 Å². The molecule has 0 aliphatic carbocycles. The van der Waals surface area contributed by atoms with E-state index < -0.39 is 0 Å². The second kappa shape index (κ2) is 6.20. The first-order valence-corrected chi connectivity index (χ1v) is 7.19. The summed E-state index contributed by atoms with van der Waals surface area (Å²) in [6, 6.07) is 11.5. The molecule has 0 aliphatic heterocycles. The smallest absolute Gasteiger partial charge is 0.162 e. The SMILES string of the molecule is COc1cc2ncnc(Cc3cccc(Cl)c3)c2cc1OC. The van der Waals surface area contributed by atoms with Crippen molar-refractivity contribution >= 4 is 22.5 Å². The molecular formula is C17H15ClN2O2. The summed E-state index contributed by atoms with van der Waals surface area (Å²) in [7, 11) is 3.22. The molecule has 22 heavy (non-hydrogen) atoms. The third-order valence-corrected chi connectivity index (χ3v) is 3.72. The van der Waals surface area contributed by atoms with Crippen LogP contribution in [0.15, 0.2) is 42.7 Å². The van der Waals surface area contributed by atoms with E-state index in [1.165, 1.54) is 0 Å². The fourth-order valence-corrected chi connectivity index (χ4v) is 2.63. The maximum absolute atomic E-state index is 6.05. The Morgan fingerprint density at radius 2 is 1.77 bits per heavy atom. The molecule has 0 unspecified atom stereocenters. The summed E-state index contributed by atoms with van der Waals surface area (Å²) >= 11 is 6.05. The van der Waals surface area contributed by atoms with Gasteiger partial charge in [0.15, 0.2) is 11.5 Å². The summed E-state index contributed by atoms with van der Waals surface area (Å²) in [4.78, 5) is 8.72. The molecule has 2 aromatic carbocycles. The van der Waals surface area contributed by atoms with Crippen molar-refractivity contribution in [1.29, 1.82) is 0 Å². The number of methoxy groups -OCH3 is 2. The monoisotopic (exact) mass is 314 g/mol. The Kier molecular flexibility index (Phi) is 4.11. The van der Waals surface area contributed by atoms with Crippen LogP contribution in [0.5, 0.6) is 11.5 Å². The van der Waals surface area contributed by atoms with E-state index in [2.05, 4.69) is 9.97 Å². The van der Waals surface area contributed by atoms with Crippen LogP contribution in [0.3, 0.4) is 0 Å². The lowest BCUT2D eigenvalue weighted by atomic mass is 10.1. The van der Waals surface area contributed by atoms with Gasteiger partial charge in [-0.3, -0.25) is 0 Å². The van der Waals surface area contributed by atoms with Crippen LogP contribution in [-0.4, -0.2) is 24.2 Å². The van der Waals surface area contributed by atoms with E-state index in [9.17, 15) is 0 Å². The number of nitrogens with zero attached hydrogens (tertiary/aromatic N) is 2. The second-order valence-electron chi connectivity index (χ2n) is 4.85. The number of halogens is 1. The highest BCUT2D eigenvalue weighted by molar-refractivity contribution is 6.30. The number of rotatable bonds is 4. The molecule has 0 atom stereocenters. The summed E-state index contributed by atoms with van der Waals surface area (Å²) in [5.41, 5.74) is 2.85. The lowest BCUT2D eigenvalue weighted by Gasteiger charge is -2.11. The van der Waals surface area contributed by atoms with Gasteiger partial charge in [-0.05, 0) is 23.8 Å². The van der Waals surface area contributed by atoms with Gasteiger partial charge >= 0.3 is 0 Å². The normalized spacial score (nSPS) is 10.7. The summed E-state index contributed by atoms with van der Waals surface area (Å²) in [5.74, 6) is 1.32. The topological polar surface area (TPSA) is 44.2 Å². The summed E-state index contributed by atoms with van der Waals surface area (Å²) in [5, 5.41) is 1.66. The standard InChI is InChI=1S/C17H15ClN2O2/c1-21-16-8-13-14(7-11-4-3-5-12(18)6-11)19-10-20-15(13)9-17(16)22-2/h3-6,8-10H,7H2,1-2H3. The van der Waals surface area contributed by atoms with E-state index in [1.807, 2.05) is 36.4 Å². The molecule has 0 spiro atoms. The zero-order valence-electron chi connectivity index (χ0n) is 12.3. The first-order valence-electron chi connectivity index (χ1n) is 6.81. The van der Waals surface area contributed by atoms with Crippen LogP contribution in [0.2, 0.25) is 5.02 Å². The Hall–Kier alpha value is -2.33. The van der Waals surface area contributed by atoms with Crippen LogP contribution >= 0.6 is 11.6 Å². The summed E-state index contributed by atoms with van der Waals surface area (Å²) in [6.07, 6.45) is 2.24. The fourth-order valence-electron chi connectivity index (χ4n) is 2.42. The molecule has 1 aromatic heterocycles. The van der Waals surface area contributed by atoms with E-state index in [4.69, 9.17) is 21.1 Å². The predicted molar refractivity (Wildman–Crippen MR) is 86.9 cm³/mol. The van der Waals surface area contributed by atoms with Crippen LogP contribution in [0.25, 0.3) is 10.9 Å². The molecule has 4 nitrogen and oxygen atoms in total. The molecule has 0 N–H and O–H groups in total. The average molecular weight is 315 g/mol. The largest absolute Gasteiger partial charge is 0.493 e. The van der Waals surface area contributed by atoms with Gasteiger partial charge in [-0.1, -0.05) is 23.7 Å². The Bertz CT molecular complexity index is 821. The maximum Gasteiger partial charge on any atom is 0.162 e. The Morgan fingerprint density at radius 1 is 1.00 bits per heavy atom. The first kappa shape index (κ1) is 14.6. The van der Waals surface area contributed by atoms with Gasteiger partial charge in [-0.25, -0.2) is 9.97 Å². The zero-order chi connectivity index (χ0) is 15.5. The molecule has 0 saturated heterocycles. The fraction of sp³-hybridized carbons (Fsp3) is 0.176. The van der Waals surface area contributed by atoms with Crippen LogP contribution in [0, 0.1) is 0 Å². The van der Waals surface area contributed by atoms with Crippen molar-refractivity contribution in [2.75, 3.05) is 14.2 Å². The minimum absolute atomic E-state index is 0.655. The molecule has 112 valence electrons. The first-order chi connectivity index (χ1) is 10.7. The highest BCUT2D eigenvalue weighted by Gasteiger charge is 2.11. The van der Waals surface area contributed by atoms with Crippen LogP contribution in [-0.2, 0) is 6.42 Å². The lowest BCUT2D eigenvalue weighted by Crippen LogP contribution is -1.98. The maximum atomic E-state index is 6.05. The summed E-state index contributed by atoms with van der Waals surface area (Å²) < 4.78 is 10.7. The molecule has 3 rings (SSSR count). The number of fused-ring (bicyclic) bond motifs is 1. The molecular weight excluding hydrogens is 300 g/mol. The van der Waals surface area contributed by atoms with Crippen molar-refractivity contribution in [2.45, 2.75) is 6.42 Å². The number of aromatic nitrogens is 2. The minimum atomic E-state index is 0.655. The highest BCUT2D eigenvalue weighted by atomic mass is 35.5. The average Bonchev–Trinajstić information content (AvgIpc) is 2.54. The van der Waals surface area contributed by atoms with Gasteiger partial charge in [0.1, 0.15) is 6.33 Å². The molecule has 0 bridgehead atoms. The van der Waals surface area contributed by atoms with Crippen molar-refractivity contribution in [1.82, 2.24) is 9.97 Å². The van der Waals surface area contributed by atoms with Crippen molar-refractivity contribution in [2.24, 2.45) is 0 Å². The molecule has 0 fully saturated rings. The van der Waals surface area contributed by atoms with E-state index in [-0.39, 0.29) is 0 Å². The molecule has 5 heteroatoms. The molecule has 0 saturated carbocycles. The number of benzene rings is 2. The van der Waals surface area contributed by atoms with Gasteiger partial charge in [0, 0.05) is 22.9 Å². The van der Waals surface area contributed by atoms with Gasteiger partial charge in [-0.2, -0.15) is 0 Å². The third kappa shape index (κ3) is 2.83. The number of hydrogen-bond acceptors (Lipinski definition) is 4. The number of ether oxygens (including phenoxy) is 2. The molecule has 3 aromatic rings. The van der Waals surface area contributed by atoms with Crippen LogP contribution in [0.4, 0.5) is 0 Å². The Balaban J connectivity index is 2.09. The lowest BCUT2D eigenvalue weighted by molar-refractivity contribution is 0.355. The van der Waals surface area contributed by atoms with E-state index in [1.54, 1.807) is 20.5 Å². The van der Waals surface area contributed by atoms with E-state index in [0.717, 1.165) is 27.2 Å². The van der Waals surface area contributed by atoms with Crippen molar-refractivity contribution in [3.05, 3.63) is 59.0 Å². The van der Waals surface area contributed by atoms with Gasteiger partial charge < -0.3 is 9.47 Å². The molecule has 1 heterocycles. The van der Waals surface area contributed by atoms with Crippen LogP contribution < -0.4 is 9.47 Å². The Morgan fingerprint density at radius 3 is 2.50 bits per heavy atom. The van der Waals surface area contributed by atoms with Crippen LogP contribution in [0.1, 0.15) is 11.3 Å². The minimum Gasteiger partial charge on any atom is -0.493 e. The zero-order valence-corrected chi connectivity index (χ0v) is 13.1. The second-order valence-corrected chi connectivity index (χ2v) is 5.29. The summed E-state index contributed by atoms with van der Waals surface area (Å²) in [6.45, 7) is 0. The molecule has 0 aliphatic rings. The third-order valence-electron chi connectivity index (χ3n) is 3.48. The predicted octanol–water partition coefficient (Wildman–Crippen LogP) is 3.89.